The topological polar surface area (TPSA) is 102 Å². The maximum atomic E-state index is 12.1. The first-order chi connectivity index (χ1) is 11.4. The van der Waals surface area contributed by atoms with Gasteiger partial charge in [0.1, 0.15) is 6.10 Å². The lowest BCUT2D eigenvalue weighted by molar-refractivity contribution is -0.153. The highest BCUT2D eigenvalue weighted by atomic mass is 16.6. The quantitative estimate of drug-likeness (QED) is 0.760. The Hall–Kier alpha value is -1.79. The van der Waals surface area contributed by atoms with Gasteiger partial charge in [0.05, 0.1) is 18.4 Å². The second-order valence-corrected chi connectivity index (χ2v) is 7.22. The van der Waals surface area contributed by atoms with Crippen molar-refractivity contribution in [2.24, 2.45) is 29.6 Å². The second-order valence-electron chi connectivity index (χ2n) is 7.22. The predicted molar refractivity (Wildman–Crippen MR) is 83.1 cm³/mol. The summed E-state index contributed by atoms with van der Waals surface area (Å²) in [6.07, 6.45) is 2.06. The van der Waals surface area contributed by atoms with Crippen molar-refractivity contribution in [3.63, 3.8) is 0 Å². The molecule has 0 unspecified atom stereocenters. The number of amides is 1. The van der Waals surface area contributed by atoms with Crippen molar-refractivity contribution >= 4 is 18.0 Å². The molecule has 0 aromatic heterocycles. The number of hydrogen-bond donors (Lipinski definition) is 2. The number of ether oxygens (including phenoxy) is 2. The summed E-state index contributed by atoms with van der Waals surface area (Å²) in [4.78, 5) is 35.6. The van der Waals surface area contributed by atoms with Crippen LogP contribution >= 0.6 is 0 Å². The van der Waals surface area contributed by atoms with Crippen LogP contribution in [0, 0.1) is 29.6 Å². The first-order valence-electron chi connectivity index (χ1n) is 8.79. The number of nitrogens with one attached hydrogen (secondary N) is 1. The third-order valence-electron chi connectivity index (χ3n) is 5.97. The van der Waals surface area contributed by atoms with E-state index >= 15 is 0 Å². The minimum atomic E-state index is -0.832. The van der Waals surface area contributed by atoms with Gasteiger partial charge < -0.3 is 19.9 Å². The number of carboxylic acids is 1. The van der Waals surface area contributed by atoms with Gasteiger partial charge in [-0.1, -0.05) is 0 Å². The van der Waals surface area contributed by atoms with E-state index < -0.39 is 18.0 Å². The molecule has 3 aliphatic rings. The summed E-state index contributed by atoms with van der Waals surface area (Å²) in [5.41, 5.74) is 0. The van der Waals surface area contributed by atoms with Gasteiger partial charge in [-0.25, -0.2) is 4.79 Å². The fourth-order valence-corrected chi connectivity index (χ4v) is 5.09. The Kier molecular flexibility index (Phi) is 4.69. The van der Waals surface area contributed by atoms with Crippen LogP contribution < -0.4 is 5.32 Å². The number of carbonyl (C=O) groups is 3. The van der Waals surface area contributed by atoms with Crippen molar-refractivity contribution in [2.75, 3.05) is 6.61 Å². The molecule has 0 aromatic rings. The van der Waals surface area contributed by atoms with Crippen LogP contribution in [-0.4, -0.2) is 41.9 Å². The van der Waals surface area contributed by atoms with Crippen LogP contribution in [0.25, 0.3) is 0 Å². The van der Waals surface area contributed by atoms with Crippen LogP contribution in [0.1, 0.15) is 39.5 Å². The van der Waals surface area contributed by atoms with Crippen LogP contribution in [0.4, 0.5) is 4.79 Å². The van der Waals surface area contributed by atoms with Crippen molar-refractivity contribution in [2.45, 2.75) is 51.7 Å². The van der Waals surface area contributed by atoms with E-state index in [2.05, 4.69) is 5.32 Å². The van der Waals surface area contributed by atoms with E-state index in [0.29, 0.717) is 19.4 Å². The molecule has 1 heterocycles. The van der Waals surface area contributed by atoms with Crippen molar-refractivity contribution < 1.29 is 29.0 Å². The standard InChI is InChI=1S/C17H25NO6/c1-3-23-17(22)18-10-4-5-11-9(6-10)7-12-13(14(11)15(19)20)8(2)24-16(12)21/h8-14H,3-7H2,1-2H3,(H,18,22)(H,19,20)/t8-,9+,10-,11-,12-,13-,14+/m0/s1. The van der Waals surface area contributed by atoms with E-state index in [4.69, 9.17) is 9.47 Å². The van der Waals surface area contributed by atoms with Crippen molar-refractivity contribution in [3.8, 4) is 0 Å². The molecule has 1 amide bonds. The molecule has 0 radical (unpaired) electrons. The highest BCUT2D eigenvalue weighted by molar-refractivity contribution is 5.79. The van der Waals surface area contributed by atoms with E-state index in [0.717, 1.165) is 12.8 Å². The Labute approximate surface area is 141 Å². The minimum absolute atomic E-state index is 0.0221. The molecule has 0 spiro atoms. The second kappa shape index (κ2) is 6.61. The fraction of sp³-hybridized carbons (Fsp3) is 0.824. The fourth-order valence-electron chi connectivity index (χ4n) is 5.09. The summed E-state index contributed by atoms with van der Waals surface area (Å²) in [5, 5.41) is 12.6. The molecular formula is C17H25NO6. The maximum absolute atomic E-state index is 12.1. The molecule has 24 heavy (non-hydrogen) atoms. The lowest BCUT2D eigenvalue weighted by Crippen LogP contribution is -2.51. The molecule has 3 rings (SSSR count). The number of rotatable bonds is 3. The number of aliphatic carboxylic acids is 1. The Morgan fingerprint density at radius 3 is 2.75 bits per heavy atom. The monoisotopic (exact) mass is 339 g/mol. The van der Waals surface area contributed by atoms with Crippen LogP contribution in [-0.2, 0) is 19.1 Å². The normalized spacial score (nSPS) is 40.9. The average molecular weight is 339 g/mol. The van der Waals surface area contributed by atoms with Crippen LogP contribution in [0.2, 0.25) is 0 Å². The zero-order chi connectivity index (χ0) is 17.4. The number of alkyl carbamates (subject to hydrolysis) is 1. The molecule has 2 N–H and O–H groups in total. The van der Waals surface area contributed by atoms with E-state index in [1.165, 1.54) is 0 Å². The van der Waals surface area contributed by atoms with Gasteiger partial charge in [-0.3, -0.25) is 9.59 Å². The zero-order valence-corrected chi connectivity index (χ0v) is 14.1. The summed E-state index contributed by atoms with van der Waals surface area (Å²) in [6, 6.07) is -0.0221. The maximum Gasteiger partial charge on any atom is 0.407 e. The third-order valence-corrected chi connectivity index (χ3v) is 5.97. The van der Waals surface area contributed by atoms with Crippen LogP contribution in [0.15, 0.2) is 0 Å². The van der Waals surface area contributed by atoms with E-state index in [-0.39, 0.29) is 41.8 Å². The van der Waals surface area contributed by atoms with Crippen LogP contribution in [0.3, 0.4) is 0 Å². The van der Waals surface area contributed by atoms with Gasteiger partial charge in [0.2, 0.25) is 0 Å². The third kappa shape index (κ3) is 2.96. The molecular weight excluding hydrogens is 314 g/mol. The zero-order valence-electron chi connectivity index (χ0n) is 14.1. The van der Waals surface area contributed by atoms with Crippen LogP contribution in [0.5, 0.6) is 0 Å². The van der Waals surface area contributed by atoms with Gasteiger partial charge in [-0.2, -0.15) is 0 Å². The van der Waals surface area contributed by atoms with Gasteiger partial charge in [0.25, 0.3) is 0 Å². The summed E-state index contributed by atoms with van der Waals surface area (Å²) in [5.74, 6) is -2.04. The summed E-state index contributed by atoms with van der Waals surface area (Å²) < 4.78 is 10.2. The molecule has 7 nitrogen and oxygen atoms in total. The smallest absolute Gasteiger partial charge is 0.407 e. The highest BCUT2D eigenvalue weighted by Crippen LogP contribution is 2.53. The Bertz CT molecular complexity index is 535. The SMILES string of the molecule is CCOC(=O)N[C@H]1CC[C@H]2[C@H](C1)C[C@@H]1C(=O)O[C@@H](C)[C@@H]1[C@@H]2C(=O)O. The predicted octanol–water partition coefficient (Wildman–Crippen LogP) is 1.80. The molecule has 3 fully saturated rings. The summed E-state index contributed by atoms with van der Waals surface area (Å²) >= 11 is 0. The first-order valence-corrected chi connectivity index (χ1v) is 8.79. The van der Waals surface area contributed by atoms with E-state index in [1.54, 1.807) is 13.8 Å². The number of fused-ring (bicyclic) bond motifs is 2. The lowest BCUT2D eigenvalue weighted by atomic mass is 9.57. The van der Waals surface area contributed by atoms with Gasteiger partial charge >= 0.3 is 18.0 Å². The number of cyclic esters (lactones) is 1. The molecule has 2 aliphatic carbocycles. The Balaban J connectivity index is 1.74. The molecule has 0 bridgehead atoms. The van der Waals surface area contributed by atoms with Crippen molar-refractivity contribution in [1.82, 2.24) is 5.32 Å². The molecule has 0 aromatic carbocycles. The van der Waals surface area contributed by atoms with Gasteiger partial charge in [-0.05, 0) is 51.4 Å². The number of hydrogen-bond acceptors (Lipinski definition) is 5. The molecule has 7 atom stereocenters. The number of esters is 1. The molecule has 1 saturated heterocycles. The Morgan fingerprint density at radius 2 is 2.08 bits per heavy atom. The van der Waals surface area contributed by atoms with E-state index in [1.807, 2.05) is 0 Å². The van der Waals surface area contributed by atoms with Crippen molar-refractivity contribution in [3.05, 3.63) is 0 Å². The highest BCUT2D eigenvalue weighted by Gasteiger charge is 2.57. The molecule has 2 saturated carbocycles. The largest absolute Gasteiger partial charge is 0.481 e. The van der Waals surface area contributed by atoms with Gasteiger partial charge in [0, 0.05) is 12.0 Å². The van der Waals surface area contributed by atoms with E-state index in [9.17, 15) is 19.5 Å². The minimum Gasteiger partial charge on any atom is -0.481 e. The van der Waals surface area contributed by atoms with Crippen molar-refractivity contribution in [1.29, 1.82) is 0 Å². The average Bonchev–Trinajstić information content (AvgIpc) is 2.79. The number of carbonyl (C=O) groups excluding carboxylic acids is 2. The lowest BCUT2D eigenvalue weighted by Gasteiger charge is -2.46. The van der Waals surface area contributed by atoms with Gasteiger partial charge in [0.15, 0.2) is 0 Å². The van der Waals surface area contributed by atoms with Gasteiger partial charge in [-0.15, -0.1) is 0 Å². The molecule has 7 heteroatoms. The first kappa shape index (κ1) is 17.0. The molecule has 134 valence electrons. The molecule has 1 aliphatic heterocycles. The number of carboxylic acid groups (broad SMARTS) is 1. The summed E-state index contributed by atoms with van der Waals surface area (Å²) in [7, 11) is 0. The summed E-state index contributed by atoms with van der Waals surface area (Å²) in [6.45, 7) is 3.87. The Morgan fingerprint density at radius 1 is 1.33 bits per heavy atom.